The first-order valence-corrected chi connectivity index (χ1v) is 12.2. The normalized spacial score (nSPS) is 15.4. The number of sulfonamides is 1. The molecule has 8 nitrogen and oxygen atoms in total. The molecule has 3 aromatic rings. The van der Waals surface area contributed by atoms with Gasteiger partial charge in [0.15, 0.2) is 0 Å². The van der Waals surface area contributed by atoms with Gasteiger partial charge in [-0.15, -0.1) is 10.2 Å². The molecular formula is C21H21FN4O4S2. The summed E-state index contributed by atoms with van der Waals surface area (Å²) in [6.07, 6.45) is 1.14. The van der Waals surface area contributed by atoms with Gasteiger partial charge in [-0.25, -0.2) is 12.8 Å². The molecule has 0 unspecified atom stereocenters. The fourth-order valence-electron chi connectivity index (χ4n) is 3.47. The van der Waals surface area contributed by atoms with E-state index in [9.17, 15) is 17.6 Å². The Hall–Kier alpha value is -2.89. The molecule has 1 aromatic heterocycles. The fraction of sp³-hybridized carbons (Fsp3) is 0.286. The lowest BCUT2D eigenvalue weighted by atomic mass is 9.99. The van der Waals surface area contributed by atoms with E-state index in [0.717, 1.165) is 11.3 Å². The van der Waals surface area contributed by atoms with Crippen LogP contribution in [0.5, 0.6) is 5.75 Å². The fourth-order valence-corrected chi connectivity index (χ4v) is 5.85. The van der Waals surface area contributed by atoms with Gasteiger partial charge in [0, 0.05) is 19.0 Å². The van der Waals surface area contributed by atoms with Gasteiger partial charge in [0.1, 0.15) is 16.6 Å². The zero-order valence-corrected chi connectivity index (χ0v) is 18.8. The molecule has 0 radical (unpaired) electrons. The van der Waals surface area contributed by atoms with Crippen molar-refractivity contribution in [3.05, 3.63) is 64.4 Å². The number of hydrogen-bond acceptors (Lipinski definition) is 7. The second kappa shape index (κ2) is 9.31. The Labute approximate surface area is 189 Å². The number of methoxy groups -OCH3 is 1. The Morgan fingerprint density at radius 1 is 1.12 bits per heavy atom. The average Bonchev–Trinajstić information content (AvgIpc) is 3.31. The predicted octanol–water partition coefficient (Wildman–Crippen LogP) is 3.51. The van der Waals surface area contributed by atoms with E-state index in [1.54, 1.807) is 18.2 Å². The first-order chi connectivity index (χ1) is 15.4. The molecule has 0 spiro atoms. The third-order valence-corrected chi connectivity index (χ3v) is 8.25. The molecule has 1 fully saturated rings. The second-order valence-corrected chi connectivity index (χ2v) is 10.2. The van der Waals surface area contributed by atoms with Crippen molar-refractivity contribution in [2.75, 3.05) is 25.5 Å². The summed E-state index contributed by atoms with van der Waals surface area (Å²) < 4.78 is 46.1. The van der Waals surface area contributed by atoms with Gasteiger partial charge in [0.2, 0.25) is 15.0 Å². The minimum Gasteiger partial charge on any atom is -0.497 e. The van der Waals surface area contributed by atoms with Gasteiger partial charge < -0.3 is 10.1 Å². The van der Waals surface area contributed by atoms with Crippen molar-refractivity contribution < 1.29 is 22.3 Å². The van der Waals surface area contributed by atoms with Crippen LogP contribution in [0.1, 0.15) is 33.6 Å². The van der Waals surface area contributed by atoms with Crippen molar-refractivity contribution in [1.82, 2.24) is 14.5 Å². The lowest BCUT2D eigenvalue weighted by Crippen LogP contribution is -2.37. The highest BCUT2D eigenvalue weighted by molar-refractivity contribution is 7.89. The van der Waals surface area contributed by atoms with E-state index in [2.05, 4.69) is 15.5 Å². The van der Waals surface area contributed by atoms with Crippen LogP contribution < -0.4 is 10.1 Å². The van der Waals surface area contributed by atoms with Crippen molar-refractivity contribution in [3.8, 4) is 5.75 Å². The lowest BCUT2D eigenvalue weighted by molar-refractivity contribution is 0.102. The van der Waals surface area contributed by atoms with Gasteiger partial charge in [-0.05, 0) is 49.2 Å². The summed E-state index contributed by atoms with van der Waals surface area (Å²) in [5.74, 6) is -0.465. The van der Waals surface area contributed by atoms with Gasteiger partial charge in [-0.3, -0.25) is 4.79 Å². The minimum absolute atomic E-state index is 0.00447. The number of para-hydroxylation sites is 1. The van der Waals surface area contributed by atoms with E-state index in [4.69, 9.17) is 4.74 Å². The number of ether oxygens (including phenoxy) is 1. The highest BCUT2D eigenvalue weighted by atomic mass is 32.2. The van der Waals surface area contributed by atoms with Crippen LogP contribution in [-0.4, -0.2) is 49.0 Å². The molecule has 0 saturated carbocycles. The van der Waals surface area contributed by atoms with E-state index in [-0.39, 0.29) is 21.5 Å². The lowest BCUT2D eigenvalue weighted by Gasteiger charge is -2.30. The standard InChI is InChI=1S/C21H21FN4O4S2/c1-30-15-6-8-16(9-7-15)32(28,29)26-12-10-14(11-13-26)20-24-25-21(31-20)19(27)23-18-5-3-2-4-17(18)22/h2-9,14H,10-13H2,1H3,(H,23,27). The molecule has 32 heavy (non-hydrogen) atoms. The molecule has 1 aliphatic rings. The highest BCUT2D eigenvalue weighted by Crippen LogP contribution is 2.32. The molecule has 11 heteroatoms. The van der Waals surface area contributed by atoms with E-state index < -0.39 is 21.7 Å². The van der Waals surface area contributed by atoms with Crippen molar-refractivity contribution in [1.29, 1.82) is 0 Å². The summed E-state index contributed by atoms with van der Waals surface area (Å²) in [6.45, 7) is 0.685. The molecule has 1 aliphatic heterocycles. The average molecular weight is 477 g/mol. The molecule has 0 bridgehead atoms. The summed E-state index contributed by atoms with van der Waals surface area (Å²) in [5.41, 5.74) is 0.0753. The van der Waals surface area contributed by atoms with Crippen LogP contribution in [0.2, 0.25) is 0 Å². The molecule has 168 valence electrons. The number of halogens is 1. The van der Waals surface area contributed by atoms with Gasteiger partial charge in [0.25, 0.3) is 5.91 Å². The van der Waals surface area contributed by atoms with Gasteiger partial charge in [-0.1, -0.05) is 23.5 Å². The van der Waals surface area contributed by atoms with E-state index in [1.807, 2.05) is 0 Å². The Balaban J connectivity index is 1.39. The highest BCUT2D eigenvalue weighted by Gasteiger charge is 2.31. The third kappa shape index (κ3) is 4.64. The number of rotatable bonds is 6. The monoisotopic (exact) mass is 476 g/mol. The van der Waals surface area contributed by atoms with Crippen LogP contribution in [-0.2, 0) is 10.0 Å². The van der Waals surface area contributed by atoms with Crippen molar-refractivity contribution in [2.45, 2.75) is 23.7 Å². The summed E-state index contributed by atoms with van der Waals surface area (Å²) in [6, 6.07) is 12.2. The molecule has 2 heterocycles. The molecule has 1 amide bonds. The number of nitrogens with zero attached hydrogens (tertiary/aromatic N) is 3. The van der Waals surface area contributed by atoms with Crippen molar-refractivity contribution >= 4 is 33.0 Å². The quantitative estimate of drug-likeness (QED) is 0.584. The van der Waals surface area contributed by atoms with Crippen LogP contribution in [0.3, 0.4) is 0 Å². The molecule has 1 N–H and O–H groups in total. The summed E-state index contributed by atoms with van der Waals surface area (Å²) in [4.78, 5) is 12.6. The number of aromatic nitrogens is 2. The van der Waals surface area contributed by atoms with Crippen LogP contribution in [0.4, 0.5) is 10.1 Å². The van der Waals surface area contributed by atoms with E-state index in [0.29, 0.717) is 36.7 Å². The maximum atomic E-state index is 13.7. The molecule has 0 aliphatic carbocycles. The number of carbonyl (C=O) groups excluding carboxylic acids is 1. The van der Waals surface area contributed by atoms with Crippen LogP contribution in [0, 0.1) is 5.82 Å². The number of anilines is 1. The summed E-state index contributed by atoms with van der Waals surface area (Å²) >= 11 is 1.14. The zero-order valence-electron chi connectivity index (χ0n) is 17.2. The van der Waals surface area contributed by atoms with E-state index >= 15 is 0 Å². The van der Waals surface area contributed by atoms with Gasteiger partial charge >= 0.3 is 0 Å². The Bertz CT molecular complexity index is 1210. The number of hydrogen-bond donors (Lipinski definition) is 1. The number of carbonyl (C=O) groups is 1. The van der Waals surface area contributed by atoms with Crippen molar-refractivity contribution in [3.63, 3.8) is 0 Å². The molecular weight excluding hydrogens is 455 g/mol. The number of benzene rings is 2. The summed E-state index contributed by atoms with van der Waals surface area (Å²) in [7, 11) is -2.07. The Kier molecular flexibility index (Phi) is 6.49. The molecule has 2 aromatic carbocycles. The summed E-state index contributed by atoms with van der Waals surface area (Å²) in [5, 5.41) is 11.4. The Morgan fingerprint density at radius 2 is 1.81 bits per heavy atom. The number of nitrogens with one attached hydrogen (secondary N) is 1. The third-order valence-electron chi connectivity index (χ3n) is 5.26. The first-order valence-electron chi connectivity index (χ1n) is 9.92. The minimum atomic E-state index is -3.59. The van der Waals surface area contributed by atoms with Crippen LogP contribution in [0.25, 0.3) is 0 Å². The largest absolute Gasteiger partial charge is 0.497 e. The van der Waals surface area contributed by atoms with Gasteiger partial charge in [-0.2, -0.15) is 4.31 Å². The maximum Gasteiger partial charge on any atom is 0.286 e. The molecule has 4 rings (SSSR count). The molecule has 1 saturated heterocycles. The SMILES string of the molecule is COc1ccc(S(=O)(=O)N2CCC(c3nnc(C(=O)Nc4ccccc4F)s3)CC2)cc1. The van der Waals surface area contributed by atoms with Crippen LogP contribution >= 0.6 is 11.3 Å². The predicted molar refractivity (Wildman–Crippen MR) is 118 cm³/mol. The van der Waals surface area contributed by atoms with E-state index in [1.165, 1.54) is 41.7 Å². The number of amides is 1. The smallest absolute Gasteiger partial charge is 0.286 e. The Morgan fingerprint density at radius 3 is 2.47 bits per heavy atom. The van der Waals surface area contributed by atoms with Crippen molar-refractivity contribution in [2.24, 2.45) is 0 Å². The maximum absolute atomic E-state index is 13.7. The first kappa shape index (κ1) is 22.3. The number of piperidine rings is 1. The second-order valence-electron chi connectivity index (χ2n) is 7.23. The molecule has 0 atom stereocenters. The topological polar surface area (TPSA) is 101 Å². The van der Waals surface area contributed by atoms with Gasteiger partial charge in [0.05, 0.1) is 17.7 Å². The van der Waals surface area contributed by atoms with Crippen LogP contribution in [0.15, 0.2) is 53.4 Å². The zero-order chi connectivity index (χ0) is 22.7.